The molecule has 1 aliphatic heterocycles. The second kappa shape index (κ2) is 9.46. The summed E-state index contributed by atoms with van der Waals surface area (Å²) in [5.74, 6) is -2.07. The fraction of sp³-hybridized carbons (Fsp3) is 0.148. The molecule has 9 heteroatoms. The Hall–Kier alpha value is -4.79. The molecule has 1 unspecified atom stereocenters. The minimum absolute atomic E-state index is 0.0248. The van der Waals surface area contributed by atoms with Crippen molar-refractivity contribution in [3.63, 3.8) is 0 Å². The van der Waals surface area contributed by atoms with Gasteiger partial charge in [0.25, 0.3) is 11.8 Å². The predicted octanol–water partition coefficient (Wildman–Crippen LogP) is 3.73. The third kappa shape index (κ3) is 4.34. The van der Waals surface area contributed by atoms with Crippen molar-refractivity contribution in [2.45, 2.75) is 18.9 Å². The van der Waals surface area contributed by atoms with Crippen molar-refractivity contribution in [3.8, 4) is 0 Å². The first-order chi connectivity index (χ1) is 17.4. The lowest BCUT2D eigenvalue weighted by Crippen LogP contribution is -2.32. The Morgan fingerprint density at radius 2 is 1.58 bits per heavy atom. The number of carbonyl (C=O) groups is 4. The molecule has 0 aliphatic carbocycles. The van der Waals surface area contributed by atoms with E-state index >= 15 is 0 Å². The van der Waals surface area contributed by atoms with Crippen LogP contribution in [0.3, 0.4) is 0 Å². The van der Waals surface area contributed by atoms with Crippen LogP contribution < -0.4 is 5.32 Å². The highest BCUT2D eigenvalue weighted by atomic mass is 16.4. The number of hydrogen-bond donors (Lipinski definition) is 2. The van der Waals surface area contributed by atoms with Gasteiger partial charge in [-0.1, -0.05) is 42.5 Å². The van der Waals surface area contributed by atoms with Crippen molar-refractivity contribution in [1.29, 1.82) is 0 Å². The Bertz CT molecular complexity index is 1460. The van der Waals surface area contributed by atoms with Gasteiger partial charge in [0.15, 0.2) is 0 Å². The zero-order valence-corrected chi connectivity index (χ0v) is 19.1. The standard InChI is InChI=1S/C27H22N4O5/c32-24(12-13-30-26(35)19-8-4-5-9-20(19)27(30)36)29-18-10-11-22-21(14-18)28-16-31(22)23(15-25(33)34)17-6-2-1-3-7-17/h1-11,14,16,23H,12-13,15H2,(H,29,32)(H,33,34). The molecule has 1 atom stereocenters. The van der Waals surface area contributed by atoms with Crippen LogP contribution in [-0.2, 0) is 9.59 Å². The van der Waals surface area contributed by atoms with Crippen molar-refractivity contribution in [2.75, 3.05) is 11.9 Å². The molecule has 1 aromatic heterocycles. The molecule has 9 nitrogen and oxygen atoms in total. The average Bonchev–Trinajstić information content (AvgIpc) is 3.40. The molecule has 2 N–H and O–H groups in total. The number of aromatic nitrogens is 2. The van der Waals surface area contributed by atoms with Crippen LogP contribution in [0.1, 0.15) is 45.2 Å². The number of benzene rings is 3. The van der Waals surface area contributed by atoms with E-state index < -0.39 is 23.8 Å². The number of amides is 3. The normalized spacial score (nSPS) is 13.6. The average molecular weight is 482 g/mol. The van der Waals surface area contributed by atoms with Gasteiger partial charge in [0.05, 0.1) is 41.0 Å². The first kappa shape index (κ1) is 23.0. The summed E-state index contributed by atoms with van der Waals surface area (Å²) in [7, 11) is 0. The number of hydrogen-bond acceptors (Lipinski definition) is 5. The van der Waals surface area contributed by atoms with Crippen molar-refractivity contribution < 1.29 is 24.3 Å². The summed E-state index contributed by atoms with van der Waals surface area (Å²) in [6.07, 6.45) is 1.44. The number of carbonyl (C=O) groups excluding carboxylic acids is 3. The SMILES string of the molecule is O=C(O)CC(c1ccccc1)n1cnc2cc(NC(=O)CCN3C(=O)c4ccccc4C3=O)ccc21. The maximum absolute atomic E-state index is 12.6. The van der Waals surface area contributed by atoms with Crippen molar-refractivity contribution in [2.24, 2.45) is 0 Å². The van der Waals surface area contributed by atoms with E-state index in [1.54, 1.807) is 48.8 Å². The lowest BCUT2D eigenvalue weighted by atomic mass is 10.0. The van der Waals surface area contributed by atoms with Crippen LogP contribution in [0.25, 0.3) is 11.0 Å². The molecule has 0 saturated heterocycles. The first-order valence-electron chi connectivity index (χ1n) is 11.4. The highest BCUT2D eigenvalue weighted by Gasteiger charge is 2.35. The van der Waals surface area contributed by atoms with Crippen molar-refractivity contribution >= 4 is 40.4 Å². The van der Waals surface area contributed by atoms with Gasteiger partial charge in [-0.25, -0.2) is 4.98 Å². The number of rotatable bonds is 8. The van der Waals surface area contributed by atoms with E-state index in [1.807, 2.05) is 34.9 Å². The highest BCUT2D eigenvalue weighted by molar-refractivity contribution is 6.21. The van der Waals surface area contributed by atoms with Gasteiger partial charge in [0.1, 0.15) is 0 Å². The fourth-order valence-corrected chi connectivity index (χ4v) is 4.45. The van der Waals surface area contributed by atoms with Crippen LogP contribution in [0.15, 0.2) is 79.1 Å². The van der Waals surface area contributed by atoms with E-state index in [4.69, 9.17) is 0 Å². The van der Waals surface area contributed by atoms with Gasteiger partial charge in [0, 0.05) is 18.7 Å². The maximum Gasteiger partial charge on any atom is 0.305 e. The van der Waals surface area contributed by atoms with Crippen molar-refractivity contribution in [3.05, 3.63) is 95.8 Å². The van der Waals surface area contributed by atoms with E-state index in [1.165, 1.54) is 0 Å². The Morgan fingerprint density at radius 1 is 0.917 bits per heavy atom. The molecule has 36 heavy (non-hydrogen) atoms. The molecule has 1 aliphatic rings. The largest absolute Gasteiger partial charge is 0.481 e. The predicted molar refractivity (Wildman–Crippen MR) is 132 cm³/mol. The smallest absolute Gasteiger partial charge is 0.305 e. The van der Waals surface area contributed by atoms with Gasteiger partial charge in [-0.05, 0) is 35.9 Å². The van der Waals surface area contributed by atoms with Gasteiger partial charge >= 0.3 is 5.97 Å². The van der Waals surface area contributed by atoms with Crippen LogP contribution in [0, 0.1) is 0 Å². The van der Waals surface area contributed by atoms with E-state index in [0.717, 1.165) is 16.0 Å². The van der Waals surface area contributed by atoms with E-state index in [9.17, 15) is 24.3 Å². The van der Waals surface area contributed by atoms with Crippen molar-refractivity contribution in [1.82, 2.24) is 14.5 Å². The number of carboxylic acid groups (broad SMARTS) is 1. The zero-order chi connectivity index (χ0) is 25.2. The molecule has 180 valence electrons. The van der Waals surface area contributed by atoms with Gasteiger partial charge < -0.3 is 15.0 Å². The summed E-state index contributed by atoms with van der Waals surface area (Å²) in [4.78, 5) is 54.5. The molecule has 0 fully saturated rings. The van der Waals surface area contributed by atoms with Gasteiger partial charge in [0.2, 0.25) is 5.91 Å². The van der Waals surface area contributed by atoms with Gasteiger partial charge in [-0.3, -0.25) is 24.1 Å². The highest BCUT2D eigenvalue weighted by Crippen LogP contribution is 2.28. The second-order valence-corrected chi connectivity index (χ2v) is 8.49. The van der Waals surface area contributed by atoms with Crippen LogP contribution in [0.5, 0.6) is 0 Å². The number of carboxylic acids is 1. The maximum atomic E-state index is 12.6. The summed E-state index contributed by atoms with van der Waals surface area (Å²) in [5.41, 5.74) is 3.38. The summed E-state index contributed by atoms with van der Waals surface area (Å²) in [5, 5.41) is 12.2. The Balaban J connectivity index is 1.28. The van der Waals surface area contributed by atoms with Gasteiger partial charge in [-0.2, -0.15) is 0 Å². The number of nitrogens with zero attached hydrogens (tertiary/aromatic N) is 3. The van der Waals surface area contributed by atoms with Crippen LogP contribution in [0.2, 0.25) is 0 Å². The summed E-state index contributed by atoms with van der Waals surface area (Å²) < 4.78 is 1.81. The number of aliphatic carboxylic acids is 1. The van der Waals surface area contributed by atoms with Gasteiger partial charge in [-0.15, -0.1) is 0 Å². The summed E-state index contributed by atoms with van der Waals surface area (Å²) in [6, 6.07) is 20.7. The van der Waals surface area contributed by atoms with Crippen LogP contribution in [0.4, 0.5) is 5.69 Å². The fourth-order valence-electron chi connectivity index (χ4n) is 4.45. The minimum Gasteiger partial charge on any atom is -0.481 e. The number of anilines is 1. The quantitative estimate of drug-likeness (QED) is 0.369. The summed E-state index contributed by atoms with van der Waals surface area (Å²) in [6.45, 7) is -0.0248. The Kier molecular flexibility index (Phi) is 6.03. The molecule has 0 spiro atoms. The third-order valence-electron chi connectivity index (χ3n) is 6.19. The second-order valence-electron chi connectivity index (χ2n) is 8.49. The number of nitrogens with one attached hydrogen (secondary N) is 1. The number of fused-ring (bicyclic) bond motifs is 2. The minimum atomic E-state index is -0.923. The molecule has 0 saturated carbocycles. The van der Waals surface area contributed by atoms with E-state index in [2.05, 4.69) is 10.3 Å². The molecule has 0 bridgehead atoms. The third-order valence-corrected chi connectivity index (χ3v) is 6.19. The molecular formula is C27H22N4O5. The number of imidazole rings is 1. The zero-order valence-electron chi connectivity index (χ0n) is 19.1. The topological polar surface area (TPSA) is 122 Å². The molecular weight excluding hydrogens is 460 g/mol. The molecule has 4 aromatic rings. The molecule has 0 radical (unpaired) electrons. The number of imide groups is 1. The van der Waals surface area contributed by atoms with Crippen LogP contribution in [-0.4, -0.2) is 49.8 Å². The van der Waals surface area contributed by atoms with E-state index in [-0.39, 0.29) is 25.3 Å². The van der Waals surface area contributed by atoms with E-state index in [0.29, 0.717) is 22.3 Å². The van der Waals surface area contributed by atoms with Crippen LogP contribution >= 0.6 is 0 Å². The Morgan fingerprint density at radius 3 is 2.25 bits per heavy atom. The first-order valence-corrected chi connectivity index (χ1v) is 11.4. The summed E-state index contributed by atoms with van der Waals surface area (Å²) >= 11 is 0. The lowest BCUT2D eigenvalue weighted by Gasteiger charge is -2.18. The molecule has 5 rings (SSSR count). The Labute approximate surface area is 206 Å². The molecule has 2 heterocycles. The lowest BCUT2D eigenvalue weighted by molar-refractivity contribution is -0.137. The monoisotopic (exact) mass is 482 g/mol. The molecule has 3 aromatic carbocycles. The molecule has 3 amide bonds.